The normalized spacial score (nSPS) is 17.6. The Bertz CT molecular complexity index is 422. The molecule has 4 heteroatoms. The third kappa shape index (κ3) is 2.05. The Balaban J connectivity index is 2.00. The number of rotatable bonds is 4. The first-order chi connectivity index (χ1) is 7.76. The van der Waals surface area contributed by atoms with Crippen molar-refractivity contribution >= 4 is 11.7 Å². The number of carbonyl (C=O) groups is 1. The monoisotopic (exact) mass is 219 g/mol. The van der Waals surface area contributed by atoms with Crippen LogP contribution in [0.2, 0.25) is 0 Å². The molecule has 1 unspecified atom stereocenters. The van der Waals surface area contributed by atoms with E-state index in [-0.39, 0.29) is 5.97 Å². The molecule has 1 atom stereocenters. The number of carbonyl (C=O) groups excluding carboxylic acids is 1. The van der Waals surface area contributed by atoms with Crippen LogP contribution in [0, 0.1) is 0 Å². The van der Waals surface area contributed by atoms with Gasteiger partial charge in [0.15, 0.2) is 6.04 Å². The van der Waals surface area contributed by atoms with Crippen LogP contribution in [0.5, 0.6) is 5.75 Å². The van der Waals surface area contributed by atoms with E-state index in [4.69, 9.17) is 9.47 Å². The van der Waals surface area contributed by atoms with Crippen LogP contribution in [0.4, 0.5) is 0 Å². The van der Waals surface area contributed by atoms with Gasteiger partial charge in [-0.15, -0.1) is 0 Å². The second-order valence-corrected chi connectivity index (χ2v) is 3.40. The molecule has 0 saturated carbocycles. The summed E-state index contributed by atoms with van der Waals surface area (Å²) in [6.07, 6.45) is 0. The number of benzene rings is 1. The molecule has 1 heterocycles. The van der Waals surface area contributed by atoms with Gasteiger partial charge in [0, 0.05) is 0 Å². The molecule has 0 amide bonds. The number of hydrogen-bond acceptors (Lipinski definition) is 4. The molecule has 1 aliphatic heterocycles. The molecule has 0 spiro atoms. The predicted molar refractivity (Wildman–Crippen MR) is 60.0 cm³/mol. The fourth-order valence-corrected chi connectivity index (χ4v) is 1.48. The summed E-state index contributed by atoms with van der Waals surface area (Å²) < 4.78 is 9.93. The number of methoxy groups -OCH3 is 1. The molecule has 1 aliphatic rings. The summed E-state index contributed by atoms with van der Waals surface area (Å²) in [5, 5.41) is 0. The molecular weight excluding hydrogens is 206 g/mol. The van der Waals surface area contributed by atoms with Gasteiger partial charge in [0.2, 0.25) is 0 Å². The van der Waals surface area contributed by atoms with Crippen LogP contribution in [0.3, 0.4) is 0 Å². The van der Waals surface area contributed by atoms with Crippen LogP contribution in [0.25, 0.3) is 0 Å². The zero-order chi connectivity index (χ0) is 11.5. The van der Waals surface area contributed by atoms with E-state index >= 15 is 0 Å². The van der Waals surface area contributed by atoms with Crippen LogP contribution >= 0.6 is 0 Å². The Morgan fingerprint density at radius 3 is 2.62 bits per heavy atom. The standard InChI is InChI=1S/C12H13NO3/c1-3-16-12(14)11-10(13-11)8-4-6-9(15-2)7-5-8/h4-7,11H,3H2,1-2H3. The number of ether oxygens (including phenoxy) is 2. The maximum absolute atomic E-state index is 11.4. The van der Waals surface area contributed by atoms with Crippen LogP contribution in [-0.2, 0) is 9.53 Å². The number of aliphatic imine (C=N–C) groups is 1. The molecule has 84 valence electrons. The third-order valence-electron chi connectivity index (χ3n) is 2.36. The first-order valence-corrected chi connectivity index (χ1v) is 5.15. The molecule has 0 N–H and O–H groups in total. The van der Waals surface area contributed by atoms with E-state index in [9.17, 15) is 4.79 Å². The molecule has 0 aliphatic carbocycles. The van der Waals surface area contributed by atoms with Gasteiger partial charge in [0.1, 0.15) is 5.75 Å². The molecule has 0 fully saturated rings. The Morgan fingerprint density at radius 2 is 2.06 bits per heavy atom. The van der Waals surface area contributed by atoms with Gasteiger partial charge in [-0.2, -0.15) is 0 Å². The Hall–Kier alpha value is -1.84. The SMILES string of the molecule is CCOC(=O)C1N=C1c1ccc(OC)cc1. The molecule has 0 saturated heterocycles. The highest BCUT2D eigenvalue weighted by Gasteiger charge is 2.37. The van der Waals surface area contributed by atoms with Crippen molar-refractivity contribution in [2.75, 3.05) is 13.7 Å². The summed E-state index contributed by atoms with van der Waals surface area (Å²) in [5.74, 6) is 0.519. The van der Waals surface area contributed by atoms with Crippen molar-refractivity contribution in [2.24, 2.45) is 4.99 Å². The number of nitrogens with zero attached hydrogens (tertiary/aromatic N) is 1. The zero-order valence-electron chi connectivity index (χ0n) is 9.27. The first kappa shape index (κ1) is 10.7. The molecule has 16 heavy (non-hydrogen) atoms. The van der Waals surface area contributed by atoms with Crippen molar-refractivity contribution in [1.29, 1.82) is 0 Å². The molecule has 1 aromatic carbocycles. The largest absolute Gasteiger partial charge is 0.497 e. The highest BCUT2D eigenvalue weighted by molar-refractivity contribution is 6.24. The first-order valence-electron chi connectivity index (χ1n) is 5.15. The van der Waals surface area contributed by atoms with Crippen LogP contribution in [0.15, 0.2) is 29.3 Å². The van der Waals surface area contributed by atoms with E-state index in [0.29, 0.717) is 6.61 Å². The van der Waals surface area contributed by atoms with Crippen molar-refractivity contribution in [2.45, 2.75) is 13.0 Å². The maximum Gasteiger partial charge on any atom is 0.337 e. The molecule has 2 rings (SSSR count). The van der Waals surface area contributed by atoms with Crippen molar-refractivity contribution in [1.82, 2.24) is 0 Å². The quantitative estimate of drug-likeness (QED) is 0.720. The summed E-state index contributed by atoms with van der Waals surface area (Å²) in [6, 6.07) is 7.07. The molecule has 1 aromatic rings. The van der Waals surface area contributed by atoms with Gasteiger partial charge in [0.05, 0.1) is 19.4 Å². The Kier molecular flexibility index (Phi) is 2.90. The van der Waals surface area contributed by atoms with Gasteiger partial charge < -0.3 is 9.47 Å². The minimum absolute atomic E-state index is 0.270. The zero-order valence-corrected chi connectivity index (χ0v) is 9.27. The van der Waals surface area contributed by atoms with Crippen LogP contribution < -0.4 is 4.74 Å². The minimum atomic E-state index is -0.395. The average Bonchev–Trinajstić information content (AvgIpc) is 3.09. The van der Waals surface area contributed by atoms with E-state index in [2.05, 4.69) is 4.99 Å². The van der Waals surface area contributed by atoms with Crippen molar-refractivity contribution in [3.05, 3.63) is 29.8 Å². The highest BCUT2D eigenvalue weighted by Crippen LogP contribution is 2.23. The molecule has 4 nitrogen and oxygen atoms in total. The third-order valence-corrected chi connectivity index (χ3v) is 2.36. The molecule has 0 aromatic heterocycles. The summed E-state index contributed by atoms with van der Waals surface area (Å²) in [5.41, 5.74) is 1.74. The molecule has 0 bridgehead atoms. The Labute approximate surface area is 93.9 Å². The lowest BCUT2D eigenvalue weighted by atomic mass is 10.1. The van der Waals surface area contributed by atoms with Crippen LogP contribution in [-0.4, -0.2) is 31.4 Å². The van der Waals surface area contributed by atoms with Gasteiger partial charge >= 0.3 is 5.97 Å². The second-order valence-electron chi connectivity index (χ2n) is 3.40. The second kappa shape index (κ2) is 4.35. The van der Waals surface area contributed by atoms with Gasteiger partial charge in [-0.25, -0.2) is 4.79 Å². The fraction of sp³-hybridized carbons (Fsp3) is 0.333. The Morgan fingerprint density at radius 1 is 1.38 bits per heavy atom. The number of esters is 1. The molecular formula is C12H13NO3. The fourth-order valence-electron chi connectivity index (χ4n) is 1.48. The summed E-state index contributed by atoms with van der Waals surface area (Å²) in [7, 11) is 1.62. The van der Waals surface area contributed by atoms with E-state index in [1.807, 2.05) is 24.3 Å². The van der Waals surface area contributed by atoms with Crippen molar-refractivity contribution < 1.29 is 14.3 Å². The topological polar surface area (TPSA) is 47.9 Å². The smallest absolute Gasteiger partial charge is 0.337 e. The summed E-state index contributed by atoms with van der Waals surface area (Å²) in [6.45, 7) is 2.17. The van der Waals surface area contributed by atoms with Gasteiger partial charge in [0.25, 0.3) is 0 Å². The van der Waals surface area contributed by atoms with Gasteiger partial charge in [-0.05, 0) is 36.8 Å². The average molecular weight is 219 g/mol. The lowest BCUT2D eigenvalue weighted by Gasteiger charge is -2.00. The minimum Gasteiger partial charge on any atom is -0.497 e. The van der Waals surface area contributed by atoms with E-state index in [1.165, 1.54) is 0 Å². The number of hydrogen-bond donors (Lipinski definition) is 0. The maximum atomic E-state index is 11.4. The summed E-state index contributed by atoms with van der Waals surface area (Å²) >= 11 is 0. The predicted octanol–water partition coefficient (Wildman–Crippen LogP) is 1.43. The highest BCUT2D eigenvalue weighted by atomic mass is 16.5. The van der Waals surface area contributed by atoms with Crippen molar-refractivity contribution in [3.63, 3.8) is 0 Å². The lowest BCUT2D eigenvalue weighted by molar-refractivity contribution is -0.142. The van der Waals surface area contributed by atoms with Gasteiger partial charge in [-0.1, -0.05) is 0 Å². The van der Waals surface area contributed by atoms with E-state index in [0.717, 1.165) is 17.0 Å². The van der Waals surface area contributed by atoms with Gasteiger partial charge in [-0.3, -0.25) is 4.99 Å². The van der Waals surface area contributed by atoms with E-state index in [1.54, 1.807) is 14.0 Å². The van der Waals surface area contributed by atoms with E-state index < -0.39 is 6.04 Å². The lowest BCUT2D eigenvalue weighted by Crippen LogP contribution is -2.16. The molecule has 0 radical (unpaired) electrons. The summed E-state index contributed by atoms with van der Waals surface area (Å²) in [4.78, 5) is 15.5. The van der Waals surface area contributed by atoms with Crippen LogP contribution in [0.1, 0.15) is 12.5 Å². The van der Waals surface area contributed by atoms with Crippen molar-refractivity contribution in [3.8, 4) is 5.75 Å².